The summed E-state index contributed by atoms with van der Waals surface area (Å²) in [7, 11) is 0. The Labute approximate surface area is 128 Å². The van der Waals surface area contributed by atoms with Crippen LogP contribution in [0.25, 0.3) is 0 Å². The van der Waals surface area contributed by atoms with Gasteiger partial charge in [-0.3, -0.25) is 0 Å². The second kappa shape index (κ2) is 6.89. The molecular formula is C14H21N3O3S. The first kappa shape index (κ1) is 15.8. The van der Waals surface area contributed by atoms with Crippen molar-refractivity contribution in [3.63, 3.8) is 0 Å². The van der Waals surface area contributed by atoms with Crippen molar-refractivity contribution in [3.05, 3.63) is 16.1 Å². The summed E-state index contributed by atoms with van der Waals surface area (Å²) in [5.74, 6) is 0.175. The van der Waals surface area contributed by atoms with Crippen LogP contribution in [0.4, 0.5) is 4.79 Å². The standard InChI is InChI=1S/C14H21N3O3S/c1-8-4-3-5-10(8)6-15-14(20)16-9(2)12-17-11(7-21-12)13(18)19/h7-10H,3-6H2,1-2H3,(H,18,19)(H2,15,16,20). The van der Waals surface area contributed by atoms with Crippen molar-refractivity contribution in [2.75, 3.05) is 6.54 Å². The predicted molar refractivity (Wildman–Crippen MR) is 80.5 cm³/mol. The Morgan fingerprint density at radius 3 is 2.86 bits per heavy atom. The van der Waals surface area contributed by atoms with Gasteiger partial charge < -0.3 is 15.7 Å². The monoisotopic (exact) mass is 311 g/mol. The largest absolute Gasteiger partial charge is 0.476 e. The molecule has 3 N–H and O–H groups in total. The normalized spacial score (nSPS) is 22.8. The fraction of sp³-hybridized carbons (Fsp3) is 0.643. The summed E-state index contributed by atoms with van der Waals surface area (Å²) in [6.45, 7) is 4.71. The fourth-order valence-electron chi connectivity index (χ4n) is 2.64. The summed E-state index contributed by atoms with van der Waals surface area (Å²) in [4.78, 5) is 26.6. The van der Waals surface area contributed by atoms with E-state index < -0.39 is 5.97 Å². The highest BCUT2D eigenvalue weighted by molar-refractivity contribution is 7.09. The third-order valence-electron chi connectivity index (χ3n) is 4.02. The summed E-state index contributed by atoms with van der Waals surface area (Å²) in [6.07, 6.45) is 3.65. The first-order chi connectivity index (χ1) is 9.97. The summed E-state index contributed by atoms with van der Waals surface area (Å²) in [5.41, 5.74) is 0.0174. The maximum absolute atomic E-state index is 11.9. The van der Waals surface area contributed by atoms with Crippen LogP contribution in [0.2, 0.25) is 0 Å². The third-order valence-corrected chi connectivity index (χ3v) is 5.05. The van der Waals surface area contributed by atoms with Crippen LogP contribution in [-0.4, -0.2) is 28.6 Å². The number of carbonyl (C=O) groups is 2. The molecule has 3 unspecified atom stereocenters. The SMILES string of the molecule is CC(NC(=O)NCC1CCCC1C)c1nc(C(=O)O)cs1. The molecule has 21 heavy (non-hydrogen) atoms. The van der Waals surface area contributed by atoms with E-state index in [1.165, 1.54) is 36.0 Å². The highest BCUT2D eigenvalue weighted by Crippen LogP contribution is 2.30. The van der Waals surface area contributed by atoms with E-state index in [1.54, 1.807) is 6.92 Å². The molecule has 0 saturated heterocycles. The lowest BCUT2D eigenvalue weighted by molar-refractivity contribution is 0.0691. The van der Waals surface area contributed by atoms with Gasteiger partial charge in [-0.2, -0.15) is 0 Å². The van der Waals surface area contributed by atoms with Gasteiger partial charge in [-0.25, -0.2) is 14.6 Å². The molecule has 3 atom stereocenters. The van der Waals surface area contributed by atoms with Crippen LogP contribution in [0.3, 0.4) is 0 Å². The molecule has 116 valence electrons. The number of urea groups is 1. The number of amides is 2. The fourth-order valence-corrected chi connectivity index (χ4v) is 3.44. The van der Waals surface area contributed by atoms with Crippen molar-refractivity contribution >= 4 is 23.3 Å². The van der Waals surface area contributed by atoms with Crippen LogP contribution in [0.1, 0.15) is 54.6 Å². The average Bonchev–Trinajstić information content (AvgIpc) is 3.05. The second-order valence-corrected chi connectivity index (χ2v) is 6.51. The van der Waals surface area contributed by atoms with Gasteiger partial charge in [0.15, 0.2) is 5.69 Å². The first-order valence-corrected chi connectivity index (χ1v) is 8.08. The molecular weight excluding hydrogens is 290 g/mol. The highest BCUT2D eigenvalue weighted by Gasteiger charge is 2.24. The van der Waals surface area contributed by atoms with Gasteiger partial charge in [0.25, 0.3) is 0 Å². The maximum Gasteiger partial charge on any atom is 0.355 e. The van der Waals surface area contributed by atoms with Crippen LogP contribution in [-0.2, 0) is 0 Å². The zero-order valence-electron chi connectivity index (χ0n) is 12.3. The second-order valence-electron chi connectivity index (χ2n) is 5.62. The predicted octanol–water partition coefficient (Wildman–Crippen LogP) is 2.64. The number of hydrogen-bond donors (Lipinski definition) is 3. The molecule has 1 saturated carbocycles. The zero-order valence-corrected chi connectivity index (χ0v) is 13.1. The topological polar surface area (TPSA) is 91.3 Å². The van der Waals surface area contributed by atoms with E-state index in [-0.39, 0.29) is 17.8 Å². The van der Waals surface area contributed by atoms with Crippen LogP contribution < -0.4 is 10.6 Å². The molecule has 0 aliphatic heterocycles. The quantitative estimate of drug-likeness (QED) is 0.779. The van der Waals surface area contributed by atoms with Crippen LogP contribution in [0.15, 0.2) is 5.38 Å². The third kappa shape index (κ3) is 4.17. The molecule has 1 fully saturated rings. The lowest BCUT2D eigenvalue weighted by Gasteiger charge is -2.17. The summed E-state index contributed by atoms with van der Waals surface area (Å²) in [6, 6.07) is -0.530. The van der Waals surface area contributed by atoms with Gasteiger partial charge in [-0.05, 0) is 25.2 Å². The Kier molecular flexibility index (Phi) is 5.17. The lowest BCUT2D eigenvalue weighted by atomic mass is 9.98. The molecule has 7 heteroatoms. The summed E-state index contributed by atoms with van der Waals surface area (Å²) >= 11 is 1.24. The number of carbonyl (C=O) groups excluding carboxylic acids is 1. The number of carboxylic acids is 1. The van der Waals surface area contributed by atoms with Gasteiger partial charge >= 0.3 is 12.0 Å². The van der Waals surface area contributed by atoms with Crippen molar-refractivity contribution in [1.29, 1.82) is 0 Å². The van der Waals surface area contributed by atoms with Gasteiger partial charge in [-0.1, -0.05) is 19.8 Å². The number of carboxylic acid groups (broad SMARTS) is 1. The number of aromatic nitrogens is 1. The van der Waals surface area contributed by atoms with E-state index in [9.17, 15) is 9.59 Å². The van der Waals surface area contributed by atoms with Gasteiger partial charge in [-0.15, -0.1) is 11.3 Å². The summed E-state index contributed by atoms with van der Waals surface area (Å²) < 4.78 is 0. The molecule has 1 aliphatic rings. The molecule has 0 radical (unpaired) electrons. The number of hydrogen-bond acceptors (Lipinski definition) is 4. The minimum Gasteiger partial charge on any atom is -0.476 e. The molecule has 2 amide bonds. The molecule has 0 bridgehead atoms. The molecule has 1 aromatic heterocycles. The van der Waals surface area contributed by atoms with Crippen molar-refractivity contribution in [2.24, 2.45) is 11.8 Å². The number of nitrogens with one attached hydrogen (secondary N) is 2. The van der Waals surface area contributed by atoms with E-state index in [0.717, 1.165) is 0 Å². The maximum atomic E-state index is 11.9. The van der Waals surface area contributed by atoms with Gasteiger partial charge in [0.1, 0.15) is 5.01 Å². The van der Waals surface area contributed by atoms with Crippen LogP contribution in [0, 0.1) is 11.8 Å². The Hall–Kier alpha value is -1.63. The van der Waals surface area contributed by atoms with Crippen molar-refractivity contribution in [2.45, 2.75) is 39.2 Å². The van der Waals surface area contributed by atoms with Crippen molar-refractivity contribution in [3.8, 4) is 0 Å². The lowest BCUT2D eigenvalue weighted by Crippen LogP contribution is -2.39. The molecule has 2 rings (SSSR count). The average molecular weight is 311 g/mol. The van der Waals surface area contributed by atoms with Crippen LogP contribution >= 0.6 is 11.3 Å². The van der Waals surface area contributed by atoms with E-state index in [0.29, 0.717) is 23.4 Å². The number of thiazole rings is 1. The highest BCUT2D eigenvalue weighted by atomic mass is 32.1. The number of aromatic carboxylic acids is 1. The minimum atomic E-state index is -1.05. The van der Waals surface area contributed by atoms with Crippen LogP contribution in [0.5, 0.6) is 0 Å². The molecule has 1 aliphatic carbocycles. The number of nitrogens with zero attached hydrogens (tertiary/aromatic N) is 1. The Balaban J connectivity index is 1.79. The molecule has 1 heterocycles. The Morgan fingerprint density at radius 1 is 1.52 bits per heavy atom. The van der Waals surface area contributed by atoms with E-state index >= 15 is 0 Å². The van der Waals surface area contributed by atoms with E-state index in [1.807, 2.05) is 0 Å². The minimum absolute atomic E-state index is 0.0174. The molecule has 1 aromatic rings. The van der Waals surface area contributed by atoms with E-state index in [2.05, 4.69) is 22.5 Å². The smallest absolute Gasteiger partial charge is 0.355 e. The Bertz CT molecular complexity index is 517. The van der Waals surface area contributed by atoms with Crippen molar-refractivity contribution in [1.82, 2.24) is 15.6 Å². The van der Waals surface area contributed by atoms with Gasteiger partial charge in [0.2, 0.25) is 0 Å². The van der Waals surface area contributed by atoms with Gasteiger partial charge in [0.05, 0.1) is 6.04 Å². The first-order valence-electron chi connectivity index (χ1n) is 7.20. The molecule has 0 spiro atoms. The Morgan fingerprint density at radius 2 is 2.29 bits per heavy atom. The van der Waals surface area contributed by atoms with E-state index in [4.69, 9.17) is 5.11 Å². The number of rotatable bonds is 5. The molecule has 0 aromatic carbocycles. The zero-order chi connectivity index (χ0) is 15.4. The summed E-state index contributed by atoms with van der Waals surface area (Å²) in [5, 5.41) is 16.6. The van der Waals surface area contributed by atoms with Crippen molar-refractivity contribution < 1.29 is 14.7 Å². The van der Waals surface area contributed by atoms with Gasteiger partial charge in [0, 0.05) is 11.9 Å². The molecule has 6 nitrogen and oxygen atoms in total.